The van der Waals surface area contributed by atoms with Gasteiger partial charge < -0.3 is 10.0 Å². The van der Waals surface area contributed by atoms with Gasteiger partial charge in [-0.1, -0.05) is 18.2 Å². The van der Waals surface area contributed by atoms with Crippen LogP contribution in [0.4, 0.5) is 13.2 Å². The highest BCUT2D eigenvalue weighted by molar-refractivity contribution is 5.89. The van der Waals surface area contributed by atoms with Crippen LogP contribution < -0.4 is 0 Å². The number of hydrogen-bond acceptors (Lipinski definition) is 3. The first-order valence-electron chi connectivity index (χ1n) is 6.21. The van der Waals surface area contributed by atoms with Crippen molar-refractivity contribution in [1.82, 2.24) is 4.90 Å². The molecular weight excluding hydrogens is 285 g/mol. The second-order valence-corrected chi connectivity index (χ2v) is 4.70. The molecule has 4 nitrogen and oxygen atoms in total. The monoisotopic (exact) mass is 300 g/mol. The molecule has 1 N–H and O–H groups in total. The van der Waals surface area contributed by atoms with E-state index in [4.69, 9.17) is 10.4 Å². The van der Waals surface area contributed by atoms with Gasteiger partial charge in [-0.05, 0) is 25.1 Å². The molecule has 0 aromatic heterocycles. The number of nitriles is 1. The summed E-state index contributed by atoms with van der Waals surface area (Å²) in [7, 11) is 1.47. The number of benzene rings is 1. The number of hydrogen-bond donors (Lipinski definition) is 1. The molecule has 0 aliphatic heterocycles. The molecule has 1 unspecified atom stereocenters. The Morgan fingerprint density at radius 2 is 2.05 bits per heavy atom. The SMILES string of the molecule is CN(CCc1ccccc1C(=O)O)CC(C#N)C(F)(F)F. The largest absolute Gasteiger partial charge is 0.478 e. The van der Waals surface area contributed by atoms with Crippen LogP contribution in [0.1, 0.15) is 15.9 Å². The molecule has 0 bridgehead atoms. The number of nitrogens with zero attached hydrogens (tertiary/aromatic N) is 2. The highest BCUT2D eigenvalue weighted by atomic mass is 19.4. The van der Waals surface area contributed by atoms with Crippen LogP contribution >= 0.6 is 0 Å². The van der Waals surface area contributed by atoms with Gasteiger partial charge in [0.15, 0.2) is 5.92 Å². The first kappa shape index (κ1) is 17.0. The summed E-state index contributed by atoms with van der Waals surface area (Å²) in [4.78, 5) is 12.4. The second-order valence-electron chi connectivity index (χ2n) is 4.70. The lowest BCUT2D eigenvalue weighted by Gasteiger charge is -2.21. The highest BCUT2D eigenvalue weighted by Crippen LogP contribution is 2.26. The van der Waals surface area contributed by atoms with Gasteiger partial charge in [0.25, 0.3) is 0 Å². The van der Waals surface area contributed by atoms with Crippen LogP contribution in [-0.2, 0) is 6.42 Å². The third-order valence-corrected chi connectivity index (χ3v) is 3.06. The minimum atomic E-state index is -4.55. The Balaban J connectivity index is 2.64. The maximum absolute atomic E-state index is 12.5. The van der Waals surface area contributed by atoms with E-state index in [0.29, 0.717) is 12.0 Å². The maximum atomic E-state index is 12.5. The first-order valence-corrected chi connectivity index (χ1v) is 6.21. The quantitative estimate of drug-likeness (QED) is 0.877. The summed E-state index contributed by atoms with van der Waals surface area (Å²) in [6, 6.07) is 7.58. The standard InChI is InChI=1S/C14H15F3N2O2/c1-19(9-11(8-18)14(15,16)17)7-6-10-4-2-3-5-12(10)13(20)21/h2-5,11H,6-7,9H2,1H3,(H,20,21). The van der Waals surface area contributed by atoms with Crippen molar-refractivity contribution in [3.05, 3.63) is 35.4 Å². The van der Waals surface area contributed by atoms with E-state index in [2.05, 4.69) is 0 Å². The lowest BCUT2D eigenvalue weighted by molar-refractivity contribution is -0.162. The minimum absolute atomic E-state index is 0.138. The van der Waals surface area contributed by atoms with Crippen LogP contribution in [0, 0.1) is 17.2 Å². The smallest absolute Gasteiger partial charge is 0.405 e. The van der Waals surface area contributed by atoms with E-state index >= 15 is 0 Å². The van der Waals surface area contributed by atoms with Crippen molar-refractivity contribution in [3.8, 4) is 6.07 Å². The van der Waals surface area contributed by atoms with Gasteiger partial charge in [0, 0.05) is 13.1 Å². The molecule has 0 radical (unpaired) electrons. The molecule has 21 heavy (non-hydrogen) atoms. The fourth-order valence-corrected chi connectivity index (χ4v) is 1.88. The van der Waals surface area contributed by atoms with Gasteiger partial charge in [0.05, 0.1) is 11.6 Å². The molecule has 1 aromatic rings. The number of rotatable bonds is 6. The van der Waals surface area contributed by atoms with Gasteiger partial charge in [-0.3, -0.25) is 0 Å². The Morgan fingerprint density at radius 1 is 1.43 bits per heavy atom. The Labute approximate surface area is 120 Å². The molecule has 0 saturated heterocycles. The predicted octanol–water partition coefficient (Wildman–Crippen LogP) is 2.56. The normalized spacial score (nSPS) is 13.0. The van der Waals surface area contributed by atoms with Gasteiger partial charge in [0.1, 0.15) is 0 Å². The van der Waals surface area contributed by atoms with Crippen molar-refractivity contribution in [2.45, 2.75) is 12.6 Å². The highest BCUT2D eigenvalue weighted by Gasteiger charge is 2.40. The number of carbonyl (C=O) groups is 1. The molecule has 0 heterocycles. The van der Waals surface area contributed by atoms with Crippen molar-refractivity contribution in [2.75, 3.05) is 20.1 Å². The van der Waals surface area contributed by atoms with E-state index < -0.39 is 24.6 Å². The number of alkyl halides is 3. The van der Waals surface area contributed by atoms with E-state index in [1.807, 2.05) is 0 Å². The fourth-order valence-electron chi connectivity index (χ4n) is 1.88. The van der Waals surface area contributed by atoms with Crippen LogP contribution in [0.3, 0.4) is 0 Å². The number of likely N-dealkylation sites (N-methyl/N-ethyl adjacent to an activating group) is 1. The third kappa shape index (κ3) is 5.08. The minimum Gasteiger partial charge on any atom is -0.478 e. The van der Waals surface area contributed by atoms with E-state index in [-0.39, 0.29) is 12.1 Å². The van der Waals surface area contributed by atoms with Gasteiger partial charge in [0.2, 0.25) is 0 Å². The number of carboxylic acid groups (broad SMARTS) is 1. The van der Waals surface area contributed by atoms with E-state index in [0.717, 1.165) is 0 Å². The molecule has 0 saturated carbocycles. The van der Waals surface area contributed by atoms with Crippen molar-refractivity contribution < 1.29 is 23.1 Å². The summed E-state index contributed by atoms with van der Waals surface area (Å²) in [5, 5.41) is 17.6. The second kappa shape index (κ2) is 7.09. The van der Waals surface area contributed by atoms with Crippen molar-refractivity contribution in [2.24, 2.45) is 5.92 Å². The molecular formula is C14H15F3N2O2. The van der Waals surface area contributed by atoms with Crippen LogP contribution in [0.25, 0.3) is 0 Å². The Hall–Kier alpha value is -2.07. The van der Waals surface area contributed by atoms with Crippen molar-refractivity contribution >= 4 is 5.97 Å². The summed E-state index contributed by atoms with van der Waals surface area (Å²) in [6.45, 7) is -0.201. The van der Waals surface area contributed by atoms with Gasteiger partial charge in [-0.15, -0.1) is 0 Å². The summed E-state index contributed by atoms with van der Waals surface area (Å²) in [6.07, 6.45) is -4.25. The molecule has 0 spiro atoms. The molecule has 0 aliphatic rings. The Kier molecular flexibility index (Phi) is 5.73. The lowest BCUT2D eigenvalue weighted by Crippen LogP contribution is -2.35. The number of aromatic carboxylic acids is 1. The van der Waals surface area contributed by atoms with Crippen LogP contribution in [-0.4, -0.2) is 42.3 Å². The van der Waals surface area contributed by atoms with Crippen LogP contribution in [0.15, 0.2) is 24.3 Å². The summed E-state index contributed by atoms with van der Waals surface area (Å²) >= 11 is 0. The van der Waals surface area contributed by atoms with Crippen molar-refractivity contribution in [1.29, 1.82) is 5.26 Å². The number of carboxylic acids is 1. The average Bonchev–Trinajstić information content (AvgIpc) is 2.41. The summed E-state index contributed by atoms with van der Waals surface area (Å²) < 4.78 is 37.5. The molecule has 114 valence electrons. The zero-order valence-corrected chi connectivity index (χ0v) is 11.4. The molecule has 1 aromatic carbocycles. The Bertz CT molecular complexity index is 538. The molecule has 7 heteroatoms. The molecule has 0 fully saturated rings. The fraction of sp³-hybridized carbons (Fsp3) is 0.429. The number of halogens is 3. The molecule has 1 atom stereocenters. The maximum Gasteiger partial charge on any atom is 0.405 e. The lowest BCUT2D eigenvalue weighted by atomic mass is 10.0. The first-order chi connectivity index (χ1) is 9.75. The topological polar surface area (TPSA) is 64.3 Å². The van der Waals surface area contributed by atoms with Gasteiger partial charge in [-0.2, -0.15) is 18.4 Å². The molecule has 0 aliphatic carbocycles. The van der Waals surface area contributed by atoms with E-state index in [1.54, 1.807) is 18.2 Å². The average molecular weight is 300 g/mol. The van der Waals surface area contributed by atoms with Crippen LogP contribution in [0.2, 0.25) is 0 Å². The van der Waals surface area contributed by atoms with Crippen LogP contribution in [0.5, 0.6) is 0 Å². The molecule has 0 amide bonds. The zero-order valence-electron chi connectivity index (χ0n) is 11.4. The van der Waals surface area contributed by atoms with Crippen molar-refractivity contribution in [3.63, 3.8) is 0 Å². The van der Waals surface area contributed by atoms with E-state index in [9.17, 15) is 18.0 Å². The predicted molar refractivity (Wildman–Crippen MR) is 69.8 cm³/mol. The summed E-state index contributed by atoms with van der Waals surface area (Å²) in [5.74, 6) is -3.12. The van der Waals surface area contributed by atoms with Gasteiger partial charge in [-0.25, -0.2) is 4.79 Å². The van der Waals surface area contributed by atoms with Gasteiger partial charge >= 0.3 is 12.1 Å². The Morgan fingerprint density at radius 3 is 2.57 bits per heavy atom. The summed E-state index contributed by atoms with van der Waals surface area (Å²) in [5.41, 5.74) is 0.691. The zero-order chi connectivity index (χ0) is 16.0. The van der Waals surface area contributed by atoms with E-state index in [1.165, 1.54) is 24.1 Å². The molecule has 1 rings (SSSR count). The third-order valence-electron chi connectivity index (χ3n) is 3.06.